The lowest BCUT2D eigenvalue weighted by atomic mass is 9.78. The molecule has 2 rings (SSSR count). The van der Waals surface area contributed by atoms with Gasteiger partial charge in [-0.15, -0.1) is 0 Å². The molecule has 1 aliphatic carbocycles. The molecule has 0 saturated heterocycles. The van der Waals surface area contributed by atoms with Gasteiger partial charge in [0.15, 0.2) is 5.96 Å². The van der Waals surface area contributed by atoms with E-state index in [1.807, 2.05) is 7.05 Å². The van der Waals surface area contributed by atoms with Gasteiger partial charge >= 0.3 is 0 Å². The van der Waals surface area contributed by atoms with Crippen LogP contribution in [0.15, 0.2) is 29.3 Å². The van der Waals surface area contributed by atoms with Crippen molar-refractivity contribution >= 4 is 5.96 Å². The van der Waals surface area contributed by atoms with E-state index in [0.717, 1.165) is 19.0 Å². The van der Waals surface area contributed by atoms with E-state index in [-0.39, 0.29) is 0 Å². The second-order valence-corrected chi connectivity index (χ2v) is 5.54. The van der Waals surface area contributed by atoms with Gasteiger partial charge in [-0.1, -0.05) is 50.5 Å². The number of hydrogen-bond donors (Lipinski definition) is 2. The van der Waals surface area contributed by atoms with Crippen molar-refractivity contribution in [2.45, 2.75) is 44.9 Å². The third kappa shape index (κ3) is 3.99. The molecule has 2 N–H and O–H groups in total. The SMILES string of the molecule is CCCCCCNC(=NC)NCC1Cc2ccccc21. The summed E-state index contributed by atoms with van der Waals surface area (Å²) in [6.07, 6.45) is 6.33. The summed E-state index contributed by atoms with van der Waals surface area (Å²) >= 11 is 0. The zero-order valence-electron chi connectivity index (χ0n) is 12.8. The molecule has 0 radical (unpaired) electrons. The minimum Gasteiger partial charge on any atom is -0.356 e. The maximum atomic E-state index is 4.29. The Hall–Kier alpha value is -1.51. The number of rotatable bonds is 7. The Morgan fingerprint density at radius 1 is 1.20 bits per heavy atom. The van der Waals surface area contributed by atoms with Crippen LogP contribution < -0.4 is 10.6 Å². The first-order chi connectivity index (χ1) is 9.85. The van der Waals surface area contributed by atoms with Crippen molar-refractivity contribution in [3.63, 3.8) is 0 Å². The van der Waals surface area contributed by atoms with Crippen molar-refractivity contribution in [2.75, 3.05) is 20.1 Å². The van der Waals surface area contributed by atoms with Gasteiger partial charge < -0.3 is 10.6 Å². The zero-order valence-corrected chi connectivity index (χ0v) is 12.8. The first kappa shape index (κ1) is 14.9. The summed E-state index contributed by atoms with van der Waals surface area (Å²) in [4.78, 5) is 4.29. The molecule has 1 aliphatic rings. The molecule has 1 aromatic rings. The summed E-state index contributed by atoms with van der Waals surface area (Å²) < 4.78 is 0. The lowest BCUT2D eigenvalue weighted by Crippen LogP contribution is -2.41. The second-order valence-electron chi connectivity index (χ2n) is 5.54. The van der Waals surface area contributed by atoms with Gasteiger partial charge in [-0.2, -0.15) is 0 Å². The molecular formula is C17H27N3. The fourth-order valence-corrected chi connectivity index (χ4v) is 2.74. The highest BCUT2D eigenvalue weighted by Crippen LogP contribution is 2.33. The third-order valence-corrected chi connectivity index (χ3v) is 4.02. The van der Waals surface area contributed by atoms with Crippen LogP contribution in [-0.2, 0) is 6.42 Å². The van der Waals surface area contributed by atoms with Gasteiger partial charge in [0, 0.05) is 26.1 Å². The standard InChI is InChI=1S/C17H27N3/c1-3-4-5-8-11-19-17(18-2)20-13-15-12-14-9-6-7-10-16(14)15/h6-7,9-10,15H,3-5,8,11-13H2,1-2H3,(H2,18,19,20). The Kier molecular flexibility index (Phi) is 5.90. The van der Waals surface area contributed by atoms with Crippen LogP contribution in [0, 0.1) is 0 Å². The summed E-state index contributed by atoms with van der Waals surface area (Å²) in [7, 11) is 1.84. The van der Waals surface area contributed by atoms with Crippen LogP contribution in [0.2, 0.25) is 0 Å². The van der Waals surface area contributed by atoms with Gasteiger partial charge in [0.25, 0.3) is 0 Å². The first-order valence-corrected chi connectivity index (χ1v) is 7.87. The first-order valence-electron chi connectivity index (χ1n) is 7.87. The van der Waals surface area contributed by atoms with Gasteiger partial charge in [-0.05, 0) is 24.0 Å². The molecule has 0 heterocycles. The second kappa shape index (κ2) is 7.93. The fourth-order valence-electron chi connectivity index (χ4n) is 2.74. The molecule has 0 aliphatic heterocycles. The molecule has 0 saturated carbocycles. The highest BCUT2D eigenvalue weighted by atomic mass is 15.2. The quantitative estimate of drug-likeness (QED) is 0.455. The molecule has 0 fully saturated rings. The van der Waals surface area contributed by atoms with E-state index >= 15 is 0 Å². The minimum absolute atomic E-state index is 0.643. The van der Waals surface area contributed by atoms with E-state index in [0.29, 0.717) is 5.92 Å². The van der Waals surface area contributed by atoms with Crippen LogP contribution in [0.25, 0.3) is 0 Å². The average Bonchev–Trinajstić information content (AvgIpc) is 2.46. The monoisotopic (exact) mass is 273 g/mol. The summed E-state index contributed by atoms with van der Waals surface area (Å²) in [6.45, 7) is 4.23. The number of fused-ring (bicyclic) bond motifs is 1. The number of hydrogen-bond acceptors (Lipinski definition) is 1. The lowest BCUT2D eigenvalue weighted by molar-refractivity contribution is 0.580. The largest absolute Gasteiger partial charge is 0.356 e. The van der Waals surface area contributed by atoms with Crippen LogP contribution in [0.4, 0.5) is 0 Å². The molecule has 3 nitrogen and oxygen atoms in total. The normalized spacial score (nSPS) is 17.3. The average molecular weight is 273 g/mol. The number of nitrogens with zero attached hydrogens (tertiary/aromatic N) is 1. The molecule has 1 unspecified atom stereocenters. The molecule has 1 atom stereocenters. The summed E-state index contributed by atoms with van der Waals surface area (Å²) in [5.41, 5.74) is 3.00. The maximum absolute atomic E-state index is 4.29. The zero-order chi connectivity index (χ0) is 14.2. The van der Waals surface area contributed by atoms with Crippen LogP contribution in [-0.4, -0.2) is 26.1 Å². The molecule has 110 valence electrons. The lowest BCUT2D eigenvalue weighted by Gasteiger charge is -2.30. The topological polar surface area (TPSA) is 36.4 Å². The van der Waals surface area contributed by atoms with E-state index in [1.165, 1.54) is 43.2 Å². The van der Waals surface area contributed by atoms with Crippen molar-refractivity contribution in [1.29, 1.82) is 0 Å². The molecule has 1 aromatic carbocycles. The minimum atomic E-state index is 0.643. The van der Waals surface area contributed by atoms with Crippen molar-refractivity contribution < 1.29 is 0 Å². The maximum Gasteiger partial charge on any atom is 0.190 e. The summed E-state index contributed by atoms with van der Waals surface area (Å²) in [5.74, 6) is 1.58. The van der Waals surface area contributed by atoms with Crippen LogP contribution in [0.1, 0.15) is 49.7 Å². The fraction of sp³-hybridized carbons (Fsp3) is 0.588. The molecule has 0 amide bonds. The smallest absolute Gasteiger partial charge is 0.190 e. The molecule has 0 spiro atoms. The number of unbranched alkanes of at least 4 members (excludes halogenated alkanes) is 3. The predicted molar refractivity (Wildman–Crippen MR) is 86.4 cm³/mol. The van der Waals surface area contributed by atoms with Crippen LogP contribution >= 0.6 is 0 Å². The van der Waals surface area contributed by atoms with Gasteiger partial charge in [-0.25, -0.2) is 0 Å². The third-order valence-electron chi connectivity index (χ3n) is 4.02. The number of benzene rings is 1. The van der Waals surface area contributed by atoms with E-state index < -0.39 is 0 Å². The Morgan fingerprint density at radius 3 is 2.80 bits per heavy atom. The van der Waals surface area contributed by atoms with Gasteiger partial charge in [-0.3, -0.25) is 4.99 Å². The van der Waals surface area contributed by atoms with Crippen molar-refractivity contribution in [1.82, 2.24) is 10.6 Å². The Labute approximate surface area is 122 Å². The van der Waals surface area contributed by atoms with E-state index in [4.69, 9.17) is 0 Å². The highest BCUT2D eigenvalue weighted by molar-refractivity contribution is 5.79. The Bertz CT molecular complexity index is 440. The van der Waals surface area contributed by atoms with E-state index in [2.05, 4.69) is 46.8 Å². The number of nitrogens with one attached hydrogen (secondary N) is 2. The Balaban J connectivity index is 1.65. The van der Waals surface area contributed by atoms with Gasteiger partial charge in [0.1, 0.15) is 0 Å². The number of aliphatic imine (C=N–C) groups is 1. The predicted octanol–water partition coefficient (Wildman–Crippen LogP) is 3.07. The van der Waals surface area contributed by atoms with Gasteiger partial charge in [0.2, 0.25) is 0 Å². The Morgan fingerprint density at radius 2 is 2.05 bits per heavy atom. The summed E-state index contributed by atoms with van der Waals surface area (Å²) in [5, 5.41) is 6.84. The molecule has 0 aromatic heterocycles. The summed E-state index contributed by atoms with van der Waals surface area (Å²) in [6, 6.07) is 8.73. The van der Waals surface area contributed by atoms with E-state index in [1.54, 1.807) is 0 Å². The molecule has 0 bridgehead atoms. The van der Waals surface area contributed by atoms with Crippen molar-refractivity contribution in [3.8, 4) is 0 Å². The molecular weight excluding hydrogens is 246 g/mol. The van der Waals surface area contributed by atoms with Crippen LogP contribution in [0.5, 0.6) is 0 Å². The highest BCUT2D eigenvalue weighted by Gasteiger charge is 2.24. The molecule has 20 heavy (non-hydrogen) atoms. The van der Waals surface area contributed by atoms with Crippen LogP contribution in [0.3, 0.4) is 0 Å². The van der Waals surface area contributed by atoms with Crippen molar-refractivity contribution in [2.24, 2.45) is 4.99 Å². The number of guanidine groups is 1. The van der Waals surface area contributed by atoms with Crippen molar-refractivity contribution in [3.05, 3.63) is 35.4 Å². The van der Waals surface area contributed by atoms with Gasteiger partial charge in [0.05, 0.1) is 0 Å². The van der Waals surface area contributed by atoms with E-state index in [9.17, 15) is 0 Å². The molecule has 3 heteroatoms.